The molecule has 6 heteroatoms. The molecule has 5 nitrogen and oxygen atoms in total. The number of ether oxygens (including phenoxy) is 1. The molecule has 25 heavy (non-hydrogen) atoms. The van der Waals surface area contributed by atoms with E-state index in [9.17, 15) is 9.59 Å². The lowest BCUT2D eigenvalue weighted by atomic mass is 10.2. The summed E-state index contributed by atoms with van der Waals surface area (Å²) < 4.78 is 10.7. The van der Waals surface area contributed by atoms with E-state index in [1.807, 2.05) is 30.3 Å². The maximum absolute atomic E-state index is 12.1. The van der Waals surface area contributed by atoms with Crippen LogP contribution in [0.2, 0.25) is 5.02 Å². The van der Waals surface area contributed by atoms with E-state index in [-0.39, 0.29) is 18.1 Å². The molecule has 2 aromatic carbocycles. The lowest BCUT2D eigenvalue weighted by molar-refractivity contribution is 0.0993. The Morgan fingerprint density at radius 2 is 1.88 bits per heavy atom. The fourth-order valence-electron chi connectivity index (χ4n) is 2.12. The Morgan fingerprint density at radius 3 is 2.60 bits per heavy atom. The van der Waals surface area contributed by atoms with Crippen molar-refractivity contribution in [2.24, 2.45) is 0 Å². The minimum absolute atomic E-state index is 0.0446. The molecule has 0 fully saturated rings. The number of carbonyl (C=O) groups excluding carboxylic acids is 1. The van der Waals surface area contributed by atoms with Crippen molar-refractivity contribution in [2.75, 3.05) is 5.32 Å². The van der Waals surface area contributed by atoms with Gasteiger partial charge in [0.1, 0.15) is 12.9 Å². The largest absolute Gasteiger partial charge is 0.482 e. The van der Waals surface area contributed by atoms with Crippen molar-refractivity contribution in [2.45, 2.75) is 6.61 Å². The third-order valence-electron chi connectivity index (χ3n) is 3.34. The van der Waals surface area contributed by atoms with Gasteiger partial charge >= 0.3 is 0 Å². The summed E-state index contributed by atoms with van der Waals surface area (Å²) in [6, 6.07) is 17.2. The van der Waals surface area contributed by atoms with Gasteiger partial charge < -0.3 is 14.5 Å². The Morgan fingerprint density at radius 1 is 1.08 bits per heavy atom. The highest BCUT2D eigenvalue weighted by atomic mass is 35.5. The number of hydrogen-bond donors (Lipinski definition) is 1. The third-order valence-corrected chi connectivity index (χ3v) is 3.58. The highest BCUT2D eigenvalue weighted by molar-refractivity contribution is 6.30. The number of anilines is 1. The molecular weight excluding hydrogens is 342 g/mol. The van der Waals surface area contributed by atoms with Crippen molar-refractivity contribution >= 4 is 23.2 Å². The van der Waals surface area contributed by atoms with Crippen LogP contribution in [0.25, 0.3) is 0 Å². The van der Waals surface area contributed by atoms with Crippen molar-refractivity contribution < 1.29 is 13.9 Å². The molecule has 0 aliphatic rings. The zero-order valence-corrected chi connectivity index (χ0v) is 13.8. The summed E-state index contributed by atoms with van der Waals surface area (Å²) in [5.41, 5.74) is 0.993. The molecule has 0 bridgehead atoms. The molecule has 3 rings (SSSR count). The molecule has 1 heterocycles. The first-order valence-corrected chi connectivity index (χ1v) is 7.86. The topological polar surface area (TPSA) is 68.5 Å². The summed E-state index contributed by atoms with van der Waals surface area (Å²) in [5, 5.41) is 3.10. The fourth-order valence-corrected chi connectivity index (χ4v) is 2.31. The number of benzene rings is 2. The summed E-state index contributed by atoms with van der Waals surface area (Å²) in [7, 11) is 0. The second-order valence-electron chi connectivity index (χ2n) is 5.21. The minimum Gasteiger partial charge on any atom is -0.482 e. The van der Waals surface area contributed by atoms with Gasteiger partial charge in [0, 0.05) is 16.8 Å². The van der Waals surface area contributed by atoms with Gasteiger partial charge in [0.25, 0.3) is 5.91 Å². The lowest BCUT2D eigenvalue weighted by Gasteiger charge is -2.07. The normalized spacial score (nSPS) is 10.3. The number of carbonyl (C=O) groups is 1. The first-order chi connectivity index (χ1) is 12.1. The van der Waals surface area contributed by atoms with E-state index >= 15 is 0 Å². The van der Waals surface area contributed by atoms with Gasteiger partial charge in [-0.25, -0.2) is 0 Å². The highest BCUT2D eigenvalue weighted by Crippen LogP contribution is 2.16. The van der Waals surface area contributed by atoms with Crippen LogP contribution in [0.15, 0.2) is 76.1 Å². The molecular formula is C19H14ClNO4. The van der Waals surface area contributed by atoms with Gasteiger partial charge in [-0.15, -0.1) is 0 Å². The molecule has 1 N–H and O–H groups in total. The molecule has 0 saturated heterocycles. The van der Waals surface area contributed by atoms with E-state index in [0.717, 1.165) is 17.9 Å². The molecule has 0 radical (unpaired) electrons. The molecule has 0 spiro atoms. The van der Waals surface area contributed by atoms with E-state index in [4.69, 9.17) is 20.8 Å². The second-order valence-corrected chi connectivity index (χ2v) is 5.65. The fraction of sp³-hybridized carbons (Fsp3) is 0.0526. The van der Waals surface area contributed by atoms with Gasteiger partial charge in [-0.3, -0.25) is 9.59 Å². The lowest BCUT2D eigenvalue weighted by Crippen LogP contribution is -2.15. The average Bonchev–Trinajstić information content (AvgIpc) is 2.61. The summed E-state index contributed by atoms with van der Waals surface area (Å²) in [5.74, 6) is -0.617. The smallest absolute Gasteiger partial charge is 0.291 e. The van der Waals surface area contributed by atoms with Crippen LogP contribution in [0.3, 0.4) is 0 Å². The predicted molar refractivity (Wildman–Crippen MR) is 95.2 cm³/mol. The number of rotatable bonds is 5. The quantitative estimate of drug-likeness (QED) is 0.747. The maximum atomic E-state index is 12.1. The maximum Gasteiger partial charge on any atom is 0.291 e. The molecule has 0 saturated carbocycles. The van der Waals surface area contributed by atoms with E-state index in [1.54, 1.807) is 24.3 Å². The molecule has 0 aliphatic heterocycles. The van der Waals surface area contributed by atoms with Crippen LogP contribution in [-0.4, -0.2) is 5.91 Å². The molecule has 0 atom stereocenters. The zero-order chi connectivity index (χ0) is 17.6. The van der Waals surface area contributed by atoms with E-state index < -0.39 is 11.3 Å². The summed E-state index contributed by atoms with van der Waals surface area (Å²) >= 11 is 5.86. The molecule has 1 aromatic heterocycles. The van der Waals surface area contributed by atoms with Gasteiger partial charge in [-0.1, -0.05) is 48.0 Å². The summed E-state index contributed by atoms with van der Waals surface area (Å²) in [4.78, 5) is 24.2. The molecule has 126 valence electrons. The predicted octanol–water partition coefficient (Wildman–Crippen LogP) is 4.12. The molecule has 3 aromatic rings. The number of hydrogen-bond acceptors (Lipinski definition) is 4. The van der Waals surface area contributed by atoms with Gasteiger partial charge in [0.2, 0.25) is 11.2 Å². The van der Waals surface area contributed by atoms with Crippen LogP contribution in [-0.2, 0) is 6.61 Å². The van der Waals surface area contributed by atoms with E-state index in [2.05, 4.69) is 5.32 Å². The summed E-state index contributed by atoms with van der Waals surface area (Å²) in [6.45, 7) is 0.236. The molecule has 1 amide bonds. The monoisotopic (exact) mass is 355 g/mol. The van der Waals surface area contributed by atoms with Gasteiger partial charge in [-0.2, -0.15) is 0 Å². The average molecular weight is 356 g/mol. The second kappa shape index (κ2) is 7.68. The standard InChI is InChI=1S/C19H14ClNO4/c20-14-7-4-8-15(9-14)21-19(23)17-10-16(22)18(12-25-17)24-11-13-5-2-1-3-6-13/h1-10,12H,11H2,(H,21,23). The van der Waals surface area contributed by atoms with Crippen LogP contribution >= 0.6 is 11.6 Å². The first kappa shape index (κ1) is 16.8. The SMILES string of the molecule is O=C(Nc1cccc(Cl)c1)c1cc(=O)c(OCc2ccccc2)co1. The summed E-state index contributed by atoms with van der Waals surface area (Å²) in [6.07, 6.45) is 1.14. The van der Waals surface area contributed by atoms with Gasteiger partial charge in [0.05, 0.1) is 0 Å². The Balaban J connectivity index is 1.68. The zero-order valence-electron chi connectivity index (χ0n) is 13.1. The highest BCUT2D eigenvalue weighted by Gasteiger charge is 2.12. The van der Waals surface area contributed by atoms with Crippen molar-refractivity contribution in [1.82, 2.24) is 0 Å². The Bertz CT molecular complexity index is 937. The van der Waals surface area contributed by atoms with E-state index in [0.29, 0.717) is 10.7 Å². The van der Waals surface area contributed by atoms with Gasteiger partial charge in [-0.05, 0) is 23.8 Å². The Labute approximate surface area is 148 Å². The van der Waals surface area contributed by atoms with Crippen molar-refractivity contribution in [3.8, 4) is 5.75 Å². The van der Waals surface area contributed by atoms with Gasteiger partial charge in [0.15, 0.2) is 5.76 Å². The first-order valence-electron chi connectivity index (χ1n) is 7.48. The van der Waals surface area contributed by atoms with Crippen LogP contribution in [0, 0.1) is 0 Å². The van der Waals surface area contributed by atoms with Crippen LogP contribution in [0.4, 0.5) is 5.69 Å². The van der Waals surface area contributed by atoms with Crippen LogP contribution in [0.5, 0.6) is 5.75 Å². The van der Waals surface area contributed by atoms with Crippen molar-refractivity contribution in [1.29, 1.82) is 0 Å². The number of amides is 1. The molecule has 0 unspecified atom stereocenters. The van der Waals surface area contributed by atoms with E-state index in [1.165, 1.54) is 0 Å². The molecule has 0 aliphatic carbocycles. The minimum atomic E-state index is -0.547. The number of nitrogens with one attached hydrogen (secondary N) is 1. The third kappa shape index (κ3) is 4.49. The van der Waals surface area contributed by atoms with Crippen LogP contribution < -0.4 is 15.5 Å². The van der Waals surface area contributed by atoms with Crippen LogP contribution in [0.1, 0.15) is 16.1 Å². The number of halogens is 1. The Hall–Kier alpha value is -3.05. The van der Waals surface area contributed by atoms with Crippen molar-refractivity contribution in [3.63, 3.8) is 0 Å². The Kier molecular flexibility index (Phi) is 5.16. The van der Waals surface area contributed by atoms with Crippen molar-refractivity contribution in [3.05, 3.63) is 93.5 Å².